The van der Waals surface area contributed by atoms with Crippen LogP contribution in [-0.4, -0.2) is 25.3 Å². The molecule has 9 heteroatoms. The Morgan fingerprint density at radius 2 is 1.68 bits per heavy atom. The van der Waals surface area contributed by atoms with Crippen LogP contribution in [0.25, 0.3) is 0 Å². The van der Waals surface area contributed by atoms with Crippen LogP contribution in [0.15, 0.2) is 35.5 Å². The molecule has 0 aliphatic rings. The summed E-state index contributed by atoms with van der Waals surface area (Å²) >= 11 is 0. The molecule has 0 saturated carbocycles. The second kappa shape index (κ2) is 7.47. The summed E-state index contributed by atoms with van der Waals surface area (Å²) in [5.41, 5.74) is 4.13. The number of hydrogen-bond donors (Lipinski definition) is 1. The molecule has 0 heterocycles. The van der Waals surface area contributed by atoms with Gasteiger partial charge < -0.3 is 15.3 Å². The number of anilines is 1. The highest BCUT2D eigenvalue weighted by atomic mass is 19.2. The first-order valence-corrected chi connectivity index (χ1v) is 6.71. The van der Waals surface area contributed by atoms with Crippen LogP contribution in [0.1, 0.15) is 26.3 Å². The Labute approximate surface area is 139 Å². The molecule has 0 fully saturated rings. The Bertz CT molecular complexity index is 869. The van der Waals surface area contributed by atoms with E-state index in [1.54, 1.807) is 0 Å². The number of nitrogen functional groups attached to an aromatic ring is 1. The second-order valence-electron chi connectivity index (χ2n) is 4.68. The monoisotopic (exact) mass is 352 g/mol. The number of nitrogens with zero attached hydrogens (tertiary/aromatic N) is 1. The summed E-state index contributed by atoms with van der Waals surface area (Å²) < 4.78 is 44.3. The number of rotatable bonds is 4. The fourth-order valence-electron chi connectivity index (χ4n) is 1.81. The minimum atomic E-state index is -1.77. The van der Waals surface area contributed by atoms with E-state index in [2.05, 4.69) is 14.7 Å². The molecule has 0 amide bonds. The molecule has 0 aliphatic heterocycles. The predicted molar refractivity (Wildman–Crippen MR) is 81.5 cm³/mol. The van der Waals surface area contributed by atoms with Crippen molar-refractivity contribution in [2.75, 3.05) is 12.8 Å². The van der Waals surface area contributed by atoms with Gasteiger partial charge in [0.25, 0.3) is 0 Å². The summed E-state index contributed by atoms with van der Waals surface area (Å²) in [6.45, 7) is 0. The summed E-state index contributed by atoms with van der Waals surface area (Å²) in [4.78, 5) is 27.7. The van der Waals surface area contributed by atoms with E-state index >= 15 is 0 Å². The zero-order valence-electron chi connectivity index (χ0n) is 12.8. The maximum absolute atomic E-state index is 13.5. The molecule has 2 rings (SSSR count). The molecule has 2 aromatic rings. The molecular formula is C16H11F3N2O4. The number of carbonyl (C=O) groups is 2. The second-order valence-corrected chi connectivity index (χ2v) is 4.68. The molecular weight excluding hydrogens is 341 g/mol. The number of nitrogens with two attached hydrogens (primary N) is 1. The normalized spacial score (nSPS) is 10.7. The van der Waals surface area contributed by atoms with Gasteiger partial charge in [-0.3, -0.25) is 0 Å². The number of oxime groups is 1. The summed E-state index contributed by atoms with van der Waals surface area (Å²) in [6, 6.07) is 6.19. The lowest BCUT2D eigenvalue weighted by molar-refractivity contribution is 0.0519. The number of methoxy groups -OCH3 is 1. The Morgan fingerprint density at radius 3 is 2.32 bits per heavy atom. The largest absolute Gasteiger partial charge is 0.465 e. The zero-order valence-corrected chi connectivity index (χ0v) is 12.8. The summed E-state index contributed by atoms with van der Waals surface area (Å²) in [5.74, 6) is -6.43. The average molecular weight is 352 g/mol. The van der Waals surface area contributed by atoms with Crippen LogP contribution in [0.3, 0.4) is 0 Å². The molecule has 0 unspecified atom stereocenters. The van der Waals surface area contributed by atoms with Crippen molar-refractivity contribution < 1.29 is 32.3 Å². The molecule has 2 aromatic carbocycles. The zero-order chi connectivity index (χ0) is 18.6. The fraction of sp³-hybridized carbons (Fsp3) is 0.0625. The van der Waals surface area contributed by atoms with Gasteiger partial charge >= 0.3 is 11.9 Å². The van der Waals surface area contributed by atoms with E-state index < -0.39 is 40.6 Å². The van der Waals surface area contributed by atoms with Gasteiger partial charge in [-0.15, -0.1) is 0 Å². The van der Waals surface area contributed by atoms with Gasteiger partial charge in [-0.05, 0) is 24.3 Å². The molecule has 0 bridgehead atoms. The highest BCUT2D eigenvalue weighted by Gasteiger charge is 2.16. The third-order valence-electron chi connectivity index (χ3n) is 3.05. The Hall–Kier alpha value is -3.36. The van der Waals surface area contributed by atoms with Crippen molar-refractivity contribution >= 4 is 23.8 Å². The highest BCUT2D eigenvalue weighted by molar-refractivity contribution is 5.95. The van der Waals surface area contributed by atoms with E-state index in [4.69, 9.17) is 5.73 Å². The van der Waals surface area contributed by atoms with Crippen molar-refractivity contribution in [3.8, 4) is 0 Å². The minimum Gasteiger partial charge on any atom is -0.465 e. The molecule has 2 N–H and O–H groups in total. The van der Waals surface area contributed by atoms with Gasteiger partial charge in [-0.2, -0.15) is 0 Å². The lowest BCUT2D eigenvalue weighted by Crippen LogP contribution is -2.06. The van der Waals surface area contributed by atoms with E-state index in [9.17, 15) is 22.8 Å². The van der Waals surface area contributed by atoms with Gasteiger partial charge in [0, 0.05) is 5.56 Å². The topological polar surface area (TPSA) is 91.0 Å². The minimum absolute atomic E-state index is 0.0228. The smallest absolute Gasteiger partial charge is 0.365 e. The third-order valence-corrected chi connectivity index (χ3v) is 3.05. The van der Waals surface area contributed by atoms with E-state index in [1.807, 2.05) is 0 Å². The van der Waals surface area contributed by atoms with Crippen LogP contribution in [0.4, 0.5) is 18.9 Å². The maximum atomic E-state index is 13.5. The van der Waals surface area contributed by atoms with Crippen molar-refractivity contribution in [1.29, 1.82) is 0 Å². The van der Waals surface area contributed by atoms with Crippen LogP contribution >= 0.6 is 0 Å². The fourth-order valence-corrected chi connectivity index (χ4v) is 1.81. The average Bonchev–Trinajstić information content (AvgIpc) is 2.63. The number of benzene rings is 2. The van der Waals surface area contributed by atoms with E-state index in [1.165, 1.54) is 31.4 Å². The number of hydrogen-bond acceptors (Lipinski definition) is 6. The van der Waals surface area contributed by atoms with Gasteiger partial charge in [0.05, 0.1) is 30.1 Å². The van der Waals surface area contributed by atoms with Crippen molar-refractivity contribution in [1.82, 2.24) is 0 Å². The van der Waals surface area contributed by atoms with Gasteiger partial charge in [0.1, 0.15) is 0 Å². The van der Waals surface area contributed by atoms with E-state index in [-0.39, 0.29) is 11.1 Å². The molecule has 0 radical (unpaired) electrons. The Kier molecular flexibility index (Phi) is 5.38. The molecule has 0 spiro atoms. The van der Waals surface area contributed by atoms with Crippen molar-refractivity contribution in [3.05, 3.63) is 64.5 Å². The molecule has 0 atom stereocenters. The SMILES string of the molecule is COC(=O)c1cccc(C(=O)O/N=C/c2cc(N)c(F)c(F)c2F)c1. The standard InChI is InChI=1S/C16H11F3N2O4/c1-24-15(22)8-3-2-4-9(5-8)16(23)25-21-7-10-6-11(20)13(18)14(19)12(10)17/h2-7H,20H2,1H3/b21-7+. The van der Waals surface area contributed by atoms with Crippen molar-refractivity contribution in [3.63, 3.8) is 0 Å². The van der Waals surface area contributed by atoms with Gasteiger partial charge in [-0.25, -0.2) is 22.8 Å². The quantitative estimate of drug-likeness (QED) is 0.228. The van der Waals surface area contributed by atoms with Crippen molar-refractivity contribution in [2.45, 2.75) is 0 Å². The highest BCUT2D eigenvalue weighted by Crippen LogP contribution is 2.20. The van der Waals surface area contributed by atoms with Crippen LogP contribution in [0, 0.1) is 17.5 Å². The van der Waals surface area contributed by atoms with Crippen molar-refractivity contribution in [2.24, 2.45) is 5.16 Å². The van der Waals surface area contributed by atoms with Gasteiger partial charge in [-0.1, -0.05) is 11.2 Å². The lowest BCUT2D eigenvalue weighted by Gasteiger charge is -2.03. The van der Waals surface area contributed by atoms with Crippen LogP contribution in [0.2, 0.25) is 0 Å². The summed E-state index contributed by atoms with van der Waals surface area (Å²) in [5, 5.41) is 3.21. The van der Waals surface area contributed by atoms with Crippen LogP contribution in [0.5, 0.6) is 0 Å². The first-order valence-electron chi connectivity index (χ1n) is 6.71. The Balaban J connectivity index is 2.15. The third kappa shape index (κ3) is 3.94. The molecule has 6 nitrogen and oxygen atoms in total. The van der Waals surface area contributed by atoms with Crippen LogP contribution < -0.4 is 5.73 Å². The Morgan fingerprint density at radius 1 is 1.04 bits per heavy atom. The van der Waals surface area contributed by atoms with Gasteiger partial charge in [0.15, 0.2) is 17.5 Å². The number of esters is 1. The number of halogens is 3. The number of ether oxygens (including phenoxy) is 1. The lowest BCUT2D eigenvalue weighted by atomic mass is 10.1. The molecule has 0 aliphatic carbocycles. The van der Waals surface area contributed by atoms with Gasteiger partial charge in [0.2, 0.25) is 0 Å². The number of carbonyl (C=O) groups excluding carboxylic acids is 2. The molecule has 25 heavy (non-hydrogen) atoms. The molecule has 0 saturated heterocycles. The maximum Gasteiger partial charge on any atom is 0.365 e. The van der Waals surface area contributed by atoms with E-state index in [0.29, 0.717) is 6.21 Å². The first-order chi connectivity index (χ1) is 11.8. The molecule has 0 aromatic heterocycles. The van der Waals surface area contributed by atoms with E-state index in [0.717, 1.165) is 6.07 Å². The molecule has 130 valence electrons. The summed E-state index contributed by atoms with van der Waals surface area (Å²) in [7, 11) is 1.18. The van der Waals surface area contributed by atoms with Crippen LogP contribution in [-0.2, 0) is 9.57 Å². The first kappa shape index (κ1) is 18.0. The summed E-state index contributed by atoms with van der Waals surface area (Å²) in [6.07, 6.45) is 0.663. The predicted octanol–water partition coefficient (Wildman–Crippen LogP) is 2.66.